The van der Waals surface area contributed by atoms with Crippen molar-refractivity contribution in [3.8, 4) is 0 Å². The average Bonchev–Trinajstić information content (AvgIpc) is 2.73. The fourth-order valence-corrected chi connectivity index (χ4v) is 5.71. The Morgan fingerprint density at radius 2 is 1.57 bits per heavy atom. The highest BCUT2D eigenvalue weighted by atomic mass is 16.5. The van der Waals surface area contributed by atoms with E-state index in [1.54, 1.807) is 0 Å². The number of ether oxygens (including phenoxy) is 1. The van der Waals surface area contributed by atoms with Crippen molar-refractivity contribution in [2.45, 2.75) is 132 Å². The van der Waals surface area contributed by atoms with Gasteiger partial charge in [0, 0.05) is 24.7 Å². The summed E-state index contributed by atoms with van der Waals surface area (Å²) in [5.41, 5.74) is 1.40. The molecule has 1 unspecified atom stereocenters. The average molecular weight is 513 g/mol. The van der Waals surface area contributed by atoms with Crippen LogP contribution in [-0.4, -0.2) is 17.2 Å². The van der Waals surface area contributed by atoms with E-state index < -0.39 is 0 Å². The Hall–Kier alpha value is -1.48. The summed E-state index contributed by atoms with van der Waals surface area (Å²) in [6.07, 6.45) is 8.02. The van der Waals surface area contributed by atoms with Gasteiger partial charge in [-0.05, 0) is 87.0 Å². The van der Waals surface area contributed by atoms with Crippen molar-refractivity contribution < 1.29 is 14.3 Å². The van der Waals surface area contributed by atoms with Gasteiger partial charge >= 0.3 is 0 Å². The number of ketones is 2. The first-order chi connectivity index (χ1) is 17.1. The molecule has 0 radical (unpaired) electrons. The largest absolute Gasteiger partial charge is 0.371 e. The number of rotatable bonds is 15. The molecule has 1 fully saturated rings. The first-order valence-electron chi connectivity index (χ1n) is 14.8. The van der Waals surface area contributed by atoms with Crippen LogP contribution in [0.15, 0.2) is 30.3 Å². The Morgan fingerprint density at radius 3 is 2.14 bits per heavy atom. The van der Waals surface area contributed by atoms with Gasteiger partial charge in [0.2, 0.25) is 0 Å². The van der Waals surface area contributed by atoms with Gasteiger partial charge in [0.05, 0.1) is 12.2 Å². The molecule has 2 atom stereocenters. The van der Waals surface area contributed by atoms with E-state index in [0.717, 1.165) is 44.9 Å². The molecule has 210 valence electrons. The van der Waals surface area contributed by atoms with E-state index in [0.29, 0.717) is 48.3 Å². The highest BCUT2D eigenvalue weighted by Gasteiger charge is 2.40. The lowest BCUT2D eigenvalue weighted by molar-refractivity contribution is -0.129. The monoisotopic (exact) mass is 512 g/mol. The van der Waals surface area contributed by atoms with Gasteiger partial charge in [0.1, 0.15) is 11.6 Å². The number of hydrogen-bond donors (Lipinski definition) is 0. The Balaban J connectivity index is 1.91. The molecule has 1 aliphatic carbocycles. The lowest BCUT2D eigenvalue weighted by atomic mass is 9.61. The van der Waals surface area contributed by atoms with Gasteiger partial charge in [-0.15, -0.1) is 0 Å². The molecule has 37 heavy (non-hydrogen) atoms. The first kappa shape index (κ1) is 31.7. The Labute approximate surface area is 228 Å². The molecule has 0 heterocycles. The van der Waals surface area contributed by atoms with Crippen LogP contribution >= 0.6 is 0 Å². The van der Waals surface area contributed by atoms with E-state index in [1.807, 2.05) is 18.2 Å². The summed E-state index contributed by atoms with van der Waals surface area (Å²) in [5, 5.41) is 0. The normalized spacial score (nSPS) is 20.2. The molecule has 0 saturated heterocycles. The molecular formula is C34H56O3. The maximum absolute atomic E-state index is 13.2. The first-order valence-corrected chi connectivity index (χ1v) is 14.8. The van der Waals surface area contributed by atoms with Crippen LogP contribution in [0.5, 0.6) is 0 Å². The van der Waals surface area contributed by atoms with Crippen LogP contribution < -0.4 is 0 Å². The van der Waals surface area contributed by atoms with Gasteiger partial charge < -0.3 is 4.74 Å². The maximum atomic E-state index is 13.2. The quantitative estimate of drug-likeness (QED) is 0.235. The van der Waals surface area contributed by atoms with Gasteiger partial charge in [-0.3, -0.25) is 9.59 Å². The molecule has 1 saturated carbocycles. The fraction of sp³-hybridized carbons (Fsp3) is 0.765. The van der Waals surface area contributed by atoms with E-state index in [1.165, 1.54) is 5.56 Å². The van der Waals surface area contributed by atoms with Crippen molar-refractivity contribution in [2.24, 2.45) is 34.5 Å². The third kappa shape index (κ3) is 11.8. The number of carbonyl (C=O) groups excluding carboxylic acids is 2. The highest BCUT2D eigenvalue weighted by Crippen LogP contribution is 2.46. The summed E-state index contributed by atoms with van der Waals surface area (Å²) in [5.74, 6) is 2.15. The molecule has 1 aromatic carbocycles. The third-order valence-corrected chi connectivity index (χ3v) is 8.44. The number of benzene rings is 1. The SMILES string of the molecule is C[C@@H](CC(C)(C)C)C(=O)CCCC(CCC(C)(C)OCc1ccccc1)CC(=O)C1CC(C(C)(C)C)C1. The summed E-state index contributed by atoms with van der Waals surface area (Å²) in [7, 11) is 0. The predicted molar refractivity (Wildman–Crippen MR) is 155 cm³/mol. The van der Waals surface area contributed by atoms with Crippen LogP contribution in [0.2, 0.25) is 0 Å². The van der Waals surface area contributed by atoms with E-state index in [4.69, 9.17) is 4.74 Å². The van der Waals surface area contributed by atoms with Crippen molar-refractivity contribution in [2.75, 3.05) is 0 Å². The van der Waals surface area contributed by atoms with E-state index in [9.17, 15) is 9.59 Å². The zero-order valence-electron chi connectivity index (χ0n) is 25.5. The Kier molecular flexibility index (Phi) is 11.6. The second-order valence-corrected chi connectivity index (χ2v) is 14.9. The van der Waals surface area contributed by atoms with E-state index in [2.05, 4.69) is 74.4 Å². The third-order valence-electron chi connectivity index (χ3n) is 8.44. The standard InChI is InChI=1S/C34H56O3/c1-25(23-32(2,3)4)30(35)17-13-16-26(20-31(36)28-21-29(22-28)33(5,6)7)18-19-34(8,9)37-24-27-14-11-10-12-15-27/h10-12,14-15,25-26,28-29H,13,16-24H2,1-9H3/t25-,26?,28?,29?/m0/s1. The van der Waals surface area contributed by atoms with Crippen LogP contribution in [0.25, 0.3) is 0 Å². The minimum Gasteiger partial charge on any atom is -0.371 e. The van der Waals surface area contributed by atoms with Gasteiger partial charge in [0.25, 0.3) is 0 Å². The van der Waals surface area contributed by atoms with Crippen LogP contribution in [0.1, 0.15) is 126 Å². The fourth-order valence-electron chi connectivity index (χ4n) is 5.71. The molecule has 0 amide bonds. The molecular weight excluding hydrogens is 456 g/mol. The predicted octanol–water partition coefficient (Wildman–Crippen LogP) is 9.22. The molecule has 0 bridgehead atoms. The summed E-state index contributed by atoms with van der Waals surface area (Å²) in [6.45, 7) is 20.5. The van der Waals surface area contributed by atoms with Crippen LogP contribution in [0.4, 0.5) is 0 Å². The van der Waals surface area contributed by atoms with Crippen LogP contribution in [0, 0.1) is 34.5 Å². The van der Waals surface area contributed by atoms with Crippen molar-refractivity contribution in [3.63, 3.8) is 0 Å². The second kappa shape index (κ2) is 13.5. The zero-order valence-corrected chi connectivity index (χ0v) is 25.5. The van der Waals surface area contributed by atoms with E-state index >= 15 is 0 Å². The molecule has 0 N–H and O–H groups in total. The summed E-state index contributed by atoms with van der Waals surface area (Å²) in [4.78, 5) is 26.0. The molecule has 3 nitrogen and oxygen atoms in total. The number of hydrogen-bond acceptors (Lipinski definition) is 3. The van der Waals surface area contributed by atoms with Crippen LogP contribution in [-0.2, 0) is 20.9 Å². The van der Waals surface area contributed by atoms with Crippen molar-refractivity contribution in [1.82, 2.24) is 0 Å². The molecule has 0 aromatic heterocycles. The van der Waals surface area contributed by atoms with Crippen molar-refractivity contribution in [3.05, 3.63) is 35.9 Å². The van der Waals surface area contributed by atoms with E-state index in [-0.39, 0.29) is 22.9 Å². The molecule has 1 aliphatic rings. The molecule has 2 rings (SSSR count). The second-order valence-electron chi connectivity index (χ2n) is 14.9. The van der Waals surface area contributed by atoms with Gasteiger partial charge in [-0.2, -0.15) is 0 Å². The molecule has 1 aromatic rings. The molecule has 3 heteroatoms. The molecule has 0 aliphatic heterocycles. The maximum Gasteiger partial charge on any atom is 0.136 e. The minimum absolute atomic E-state index is 0.106. The minimum atomic E-state index is -0.248. The van der Waals surface area contributed by atoms with Gasteiger partial charge in [-0.1, -0.05) is 78.8 Å². The Morgan fingerprint density at radius 1 is 0.946 bits per heavy atom. The lowest BCUT2D eigenvalue weighted by Crippen LogP contribution is -2.38. The smallest absolute Gasteiger partial charge is 0.136 e. The lowest BCUT2D eigenvalue weighted by Gasteiger charge is -2.43. The number of carbonyl (C=O) groups is 2. The molecule has 0 spiro atoms. The van der Waals surface area contributed by atoms with Crippen molar-refractivity contribution in [1.29, 1.82) is 0 Å². The highest BCUT2D eigenvalue weighted by molar-refractivity contribution is 5.82. The zero-order chi connectivity index (χ0) is 27.9. The van der Waals surface area contributed by atoms with Gasteiger partial charge in [0.15, 0.2) is 0 Å². The van der Waals surface area contributed by atoms with Gasteiger partial charge in [-0.25, -0.2) is 0 Å². The summed E-state index contributed by atoms with van der Waals surface area (Å²) >= 11 is 0. The van der Waals surface area contributed by atoms with Crippen LogP contribution in [0.3, 0.4) is 0 Å². The number of Topliss-reactive ketones (excluding diaryl/α,β-unsaturated/α-hetero) is 2. The van der Waals surface area contributed by atoms with Crippen molar-refractivity contribution >= 4 is 11.6 Å². The summed E-state index contributed by atoms with van der Waals surface area (Å²) < 4.78 is 6.28. The Bertz CT molecular complexity index is 834. The summed E-state index contributed by atoms with van der Waals surface area (Å²) in [6, 6.07) is 10.3. The topological polar surface area (TPSA) is 43.4 Å².